The number of carbonyl (C=O) groups excluding carboxylic acids is 1. The molecule has 0 radical (unpaired) electrons. The van der Waals surface area contributed by atoms with Gasteiger partial charge in [0, 0.05) is 12.2 Å². The van der Waals surface area contributed by atoms with Gasteiger partial charge in [-0.15, -0.1) is 0 Å². The van der Waals surface area contributed by atoms with Crippen molar-refractivity contribution < 1.29 is 9.53 Å². The van der Waals surface area contributed by atoms with Crippen LogP contribution in [0.2, 0.25) is 0 Å². The molecule has 1 N–H and O–H groups in total. The minimum Gasteiger partial charge on any atom is -0.473 e. The molecule has 0 heterocycles. The number of carbonyl (C=O) groups is 1. The standard InChI is InChI=1S/C18H22N2O2/c1-4-20(16-7-5-6-15(3)12-16)18(21)19-13-22-17-10-8-14(2)9-11-17/h5-12H,4,13H2,1-3H3,(H,19,21). The first-order valence-corrected chi connectivity index (χ1v) is 7.41. The van der Waals surface area contributed by atoms with Crippen LogP contribution in [0.3, 0.4) is 0 Å². The van der Waals surface area contributed by atoms with E-state index < -0.39 is 0 Å². The molecule has 0 aromatic heterocycles. The first kappa shape index (κ1) is 15.9. The van der Waals surface area contributed by atoms with Gasteiger partial charge in [-0.25, -0.2) is 4.79 Å². The molecule has 4 heteroatoms. The van der Waals surface area contributed by atoms with E-state index in [-0.39, 0.29) is 12.8 Å². The Labute approximate surface area is 131 Å². The van der Waals surface area contributed by atoms with E-state index in [4.69, 9.17) is 4.74 Å². The first-order valence-electron chi connectivity index (χ1n) is 7.41. The van der Waals surface area contributed by atoms with Crippen LogP contribution in [0.1, 0.15) is 18.1 Å². The molecule has 0 aliphatic rings. The van der Waals surface area contributed by atoms with Crippen LogP contribution in [-0.2, 0) is 0 Å². The Balaban J connectivity index is 1.91. The van der Waals surface area contributed by atoms with Gasteiger partial charge >= 0.3 is 6.03 Å². The van der Waals surface area contributed by atoms with Crippen LogP contribution in [-0.4, -0.2) is 19.3 Å². The summed E-state index contributed by atoms with van der Waals surface area (Å²) in [6, 6.07) is 15.4. The van der Waals surface area contributed by atoms with E-state index in [1.165, 1.54) is 5.56 Å². The summed E-state index contributed by atoms with van der Waals surface area (Å²) < 4.78 is 5.53. The topological polar surface area (TPSA) is 41.6 Å². The van der Waals surface area contributed by atoms with Crippen molar-refractivity contribution in [3.8, 4) is 5.75 Å². The van der Waals surface area contributed by atoms with Crippen molar-refractivity contribution in [2.45, 2.75) is 20.8 Å². The number of ether oxygens (including phenoxy) is 1. The van der Waals surface area contributed by atoms with Crippen molar-refractivity contribution in [3.05, 3.63) is 59.7 Å². The monoisotopic (exact) mass is 298 g/mol. The quantitative estimate of drug-likeness (QED) is 0.851. The fourth-order valence-electron chi connectivity index (χ4n) is 2.15. The lowest BCUT2D eigenvalue weighted by atomic mass is 10.2. The molecule has 4 nitrogen and oxygen atoms in total. The van der Waals surface area contributed by atoms with Crippen LogP contribution in [0.5, 0.6) is 5.75 Å². The lowest BCUT2D eigenvalue weighted by Crippen LogP contribution is -2.41. The first-order chi connectivity index (χ1) is 10.6. The van der Waals surface area contributed by atoms with E-state index >= 15 is 0 Å². The molecule has 0 unspecified atom stereocenters. The molecular weight excluding hydrogens is 276 g/mol. The van der Waals surface area contributed by atoms with Gasteiger partial charge in [-0.3, -0.25) is 4.90 Å². The summed E-state index contributed by atoms with van der Waals surface area (Å²) in [4.78, 5) is 14.0. The van der Waals surface area contributed by atoms with Crippen molar-refractivity contribution >= 4 is 11.7 Å². The Morgan fingerprint density at radius 1 is 1.09 bits per heavy atom. The van der Waals surface area contributed by atoms with E-state index in [1.807, 2.05) is 69.3 Å². The van der Waals surface area contributed by atoms with Crippen molar-refractivity contribution in [1.29, 1.82) is 0 Å². The highest BCUT2D eigenvalue weighted by molar-refractivity contribution is 5.91. The number of hydrogen-bond donors (Lipinski definition) is 1. The van der Waals surface area contributed by atoms with Crippen LogP contribution >= 0.6 is 0 Å². The Morgan fingerprint density at radius 3 is 2.45 bits per heavy atom. The summed E-state index contributed by atoms with van der Waals surface area (Å²) in [5, 5.41) is 2.78. The van der Waals surface area contributed by atoms with Gasteiger partial charge in [-0.2, -0.15) is 0 Å². The summed E-state index contributed by atoms with van der Waals surface area (Å²) in [6.07, 6.45) is 0. The van der Waals surface area contributed by atoms with Crippen LogP contribution in [0.4, 0.5) is 10.5 Å². The molecule has 2 aromatic rings. The number of nitrogens with one attached hydrogen (secondary N) is 1. The minimum atomic E-state index is -0.166. The van der Waals surface area contributed by atoms with E-state index in [9.17, 15) is 4.79 Å². The van der Waals surface area contributed by atoms with Crippen molar-refractivity contribution in [2.75, 3.05) is 18.2 Å². The van der Waals surface area contributed by atoms with Crippen molar-refractivity contribution in [1.82, 2.24) is 5.32 Å². The van der Waals surface area contributed by atoms with Crippen molar-refractivity contribution in [3.63, 3.8) is 0 Å². The zero-order chi connectivity index (χ0) is 15.9. The van der Waals surface area contributed by atoms with Crippen LogP contribution in [0.15, 0.2) is 48.5 Å². The van der Waals surface area contributed by atoms with Gasteiger partial charge in [0.1, 0.15) is 5.75 Å². The Morgan fingerprint density at radius 2 is 1.82 bits per heavy atom. The minimum absolute atomic E-state index is 0.143. The van der Waals surface area contributed by atoms with Gasteiger partial charge in [0.25, 0.3) is 0 Å². The molecule has 2 amide bonds. The molecule has 0 aliphatic carbocycles. The van der Waals surface area contributed by atoms with Gasteiger partial charge < -0.3 is 10.1 Å². The second-order valence-electron chi connectivity index (χ2n) is 5.17. The van der Waals surface area contributed by atoms with Gasteiger partial charge in [-0.05, 0) is 50.6 Å². The molecule has 0 spiro atoms. The predicted molar refractivity (Wildman–Crippen MR) is 89.4 cm³/mol. The maximum Gasteiger partial charge on any atom is 0.324 e. The zero-order valence-corrected chi connectivity index (χ0v) is 13.3. The Hall–Kier alpha value is -2.49. The van der Waals surface area contributed by atoms with Crippen LogP contribution in [0.25, 0.3) is 0 Å². The van der Waals surface area contributed by atoms with E-state index in [0.717, 1.165) is 17.0 Å². The van der Waals surface area contributed by atoms with E-state index in [1.54, 1.807) is 4.90 Å². The SMILES string of the molecule is CCN(C(=O)NCOc1ccc(C)cc1)c1cccc(C)c1. The molecule has 0 atom stereocenters. The molecule has 0 saturated carbocycles. The average Bonchev–Trinajstić information content (AvgIpc) is 2.50. The van der Waals surface area contributed by atoms with Gasteiger partial charge in [0.05, 0.1) is 0 Å². The third kappa shape index (κ3) is 4.25. The van der Waals surface area contributed by atoms with E-state index in [0.29, 0.717) is 6.54 Å². The lowest BCUT2D eigenvalue weighted by molar-refractivity contribution is 0.229. The molecule has 0 aliphatic heterocycles. The third-order valence-electron chi connectivity index (χ3n) is 3.36. The molecule has 2 aromatic carbocycles. The highest BCUT2D eigenvalue weighted by Crippen LogP contribution is 2.16. The number of urea groups is 1. The lowest BCUT2D eigenvalue weighted by Gasteiger charge is -2.22. The molecule has 116 valence electrons. The second kappa shape index (κ2) is 7.50. The Bertz CT molecular complexity index is 623. The van der Waals surface area contributed by atoms with Gasteiger partial charge in [0.2, 0.25) is 0 Å². The second-order valence-corrected chi connectivity index (χ2v) is 5.17. The van der Waals surface area contributed by atoms with Gasteiger partial charge in [0.15, 0.2) is 6.73 Å². The molecular formula is C18H22N2O2. The Kier molecular flexibility index (Phi) is 5.42. The summed E-state index contributed by atoms with van der Waals surface area (Å²) in [7, 11) is 0. The summed E-state index contributed by atoms with van der Waals surface area (Å²) in [6.45, 7) is 6.72. The fraction of sp³-hybridized carbons (Fsp3) is 0.278. The molecule has 22 heavy (non-hydrogen) atoms. The number of hydrogen-bond acceptors (Lipinski definition) is 2. The number of benzene rings is 2. The summed E-state index contributed by atoms with van der Waals surface area (Å²) in [5.41, 5.74) is 3.18. The van der Waals surface area contributed by atoms with Crippen molar-refractivity contribution in [2.24, 2.45) is 0 Å². The smallest absolute Gasteiger partial charge is 0.324 e. The zero-order valence-electron chi connectivity index (χ0n) is 13.3. The maximum atomic E-state index is 12.3. The number of amides is 2. The highest BCUT2D eigenvalue weighted by atomic mass is 16.5. The molecule has 2 rings (SSSR count). The third-order valence-corrected chi connectivity index (χ3v) is 3.36. The number of rotatable bonds is 5. The average molecular weight is 298 g/mol. The van der Waals surface area contributed by atoms with Gasteiger partial charge in [-0.1, -0.05) is 29.8 Å². The number of aryl methyl sites for hydroxylation is 2. The summed E-state index contributed by atoms with van der Waals surface area (Å²) >= 11 is 0. The fourth-order valence-corrected chi connectivity index (χ4v) is 2.15. The normalized spacial score (nSPS) is 10.1. The molecule has 0 saturated heterocycles. The predicted octanol–water partition coefficient (Wildman–Crippen LogP) is 3.88. The highest BCUT2D eigenvalue weighted by Gasteiger charge is 2.13. The molecule has 0 bridgehead atoms. The van der Waals surface area contributed by atoms with Crippen LogP contribution < -0.4 is 15.0 Å². The molecule has 0 fully saturated rings. The number of anilines is 1. The number of nitrogens with zero attached hydrogens (tertiary/aromatic N) is 1. The summed E-state index contributed by atoms with van der Waals surface area (Å²) in [5.74, 6) is 0.740. The van der Waals surface area contributed by atoms with E-state index in [2.05, 4.69) is 5.32 Å². The maximum absolute atomic E-state index is 12.3. The van der Waals surface area contributed by atoms with Crippen LogP contribution in [0, 0.1) is 13.8 Å². The largest absolute Gasteiger partial charge is 0.473 e.